The van der Waals surface area contributed by atoms with Gasteiger partial charge < -0.3 is 9.42 Å². The number of aromatic nitrogens is 2. The van der Waals surface area contributed by atoms with Crippen LogP contribution in [0.5, 0.6) is 0 Å². The summed E-state index contributed by atoms with van der Waals surface area (Å²) in [7, 11) is -3.59. The molecule has 4 rings (SSSR count). The maximum atomic E-state index is 12.8. The lowest BCUT2D eigenvalue weighted by Crippen LogP contribution is -2.50. The fourth-order valence-electron chi connectivity index (χ4n) is 3.27. The van der Waals surface area contributed by atoms with Gasteiger partial charge in [-0.1, -0.05) is 39.3 Å². The highest BCUT2D eigenvalue weighted by Crippen LogP contribution is 2.22. The molecule has 2 heterocycles. The largest absolute Gasteiger partial charge is 0.339 e. The van der Waals surface area contributed by atoms with E-state index < -0.39 is 10.0 Å². The van der Waals surface area contributed by atoms with E-state index in [4.69, 9.17) is 4.52 Å². The molecule has 0 aliphatic carbocycles. The second kappa shape index (κ2) is 8.29. The van der Waals surface area contributed by atoms with Gasteiger partial charge in [-0.2, -0.15) is 9.29 Å². The fourth-order valence-corrected chi connectivity index (χ4v) is 5.29. The lowest BCUT2D eigenvalue weighted by atomic mass is 10.1. The minimum absolute atomic E-state index is 0.134. The molecule has 0 saturated carbocycles. The average Bonchev–Trinajstić information content (AvgIpc) is 3.20. The van der Waals surface area contributed by atoms with Crippen LogP contribution in [0.4, 0.5) is 0 Å². The molecule has 8 nitrogen and oxygen atoms in total. The van der Waals surface area contributed by atoms with Crippen LogP contribution in [-0.4, -0.2) is 59.8 Å². The molecule has 1 saturated heterocycles. The molecule has 0 radical (unpaired) electrons. The molecular formula is C20H19BrN4O4S. The van der Waals surface area contributed by atoms with Crippen LogP contribution in [0.3, 0.4) is 0 Å². The number of halogens is 1. The molecule has 3 aromatic rings. The zero-order chi connectivity index (χ0) is 21.3. The van der Waals surface area contributed by atoms with E-state index in [0.29, 0.717) is 34.8 Å². The van der Waals surface area contributed by atoms with E-state index in [1.165, 1.54) is 4.31 Å². The van der Waals surface area contributed by atoms with Crippen LogP contribution in [0, 0.1) is 6.92 Å². The van der Waals surface area contributed by atoms with Gasteiger partial charge in [-0.3, -0.25) is 4.79 Å². The van der Waals surface area contributed by atoms with Crippen LogP contribution in [-0.2, 0) is 10.0 Å². The summed E-state index contributed by atoms with van der Waals surface area (Å²) in [6, 6.07) is 13.6. The molecule has 156 valence electrons. The third kappa shape index (κ3) is 4.16. The molecule has 10 heteroatoms. The highest BCUT2D eigenvalue weighted by molar-refractivity contribution is 9.10. The van der Waals surface area contributed by atoms with Gasteiger partial charge in [-0.15, -0.1) is 0 Å². The molecule has 0 spiro atoms. The molecule has 1 aromatic heterocycles. The summed E-state index contributed by atoms with van der Waals surface area (Å²) < 4.78 is 32.8. The Kier molecular flexibility index (Phi) is 5.72. The Hall–Kier alpha value is -2.56. The van der Waals surface area contributed by atoms with Gasteiger partial charge in [0.05, 0.1) is 4.90 Å². The number of hydrogen-bond acceptors (Lipinski definition) is 6. The molecule has 2 aromatic carbocycles. The van der Waals surface area contributed by atoms with Crippen molar-refractivity contribution in [1.82, 2.24) is 19.3 Å². The number of carbonyl (C=O) groups excluding carboxylic acids is 1. The number of hydrogen-bond donors (Lipinski definition) is 0. The lowest BCUT2D eigenvalue weighted by molar-refractivity contribution is 0.0698. The number of carbonyl (C=O) groups is 1. The summed E-state index contributed by atoms with van der Waals surface area (Å²) >= 11 is 3.31. The van der Waals surface area contributed by atoms with Crippen molar-refractivity contribution in [3.63, 3.8) is 0 Å². The summed E-state index contributed by atoms with van der Waals surface area (Å²) in [6.07, 6.45) is 0. The van der Waals surface area contributed by atoms with E-state index >= 15 is 0 Å². The fraction of sp³-hybridized carbons (Fsp3) is 0.250. The minimum atomic E-state index is -3.59. The van der Waals surface area contributed by atoms with Crippen LogP contribution >= 0.6 is 15.9 Å². The molecule has 30 heavy (non-hydrogen) atoms. The number of sulfonamides is 1. The van der Waals surface area contributed by atoms with Gasteiger partial charge in [-0.05, 0) is 30.3 Å². The maximum absolute atomic E-state index is 12.8. The smallest absolute Gasteiger partial charge is 0.253 e. The first-order valence-corrected chi connectivity index (χ1v) is 11.5. The molecule has 1 amide bonds. The van der Waals surface area contributed by atoms with Crippen molar-refractivity contribution in [3.8, 4) is 11.4 Å². The molecule has 1 aliphatic heterocycles. The predicted octanol–water partition coefficient (Wildman–Crippen LogP) is 2.95. The van der Waals surface area contributed by atoms with Crippen molar-refractivity contribution in [1.29, 1.82) is 0 Å². The highest BCUT2D eigenvalue weighted by atomic mass is 79.9. The second-order valence-corrected chi connectivity index (χ2v) is 9.72. The Morgan fingerprint density at radius 3 is 2.37 bits per heavy atom. The molecule has 1 fully saturated rings. The Labute approximate surface area is 182 Å². The summed E-state index contributed by atoms with van der Waals surface area (Å²) in [6.45, 7) is 2.88. The van der Waals surface area contributed by atoms with E-state index in [0.717, 1.165) is 5.56 Å². The van der Waals surface area contributed by atoms with Crippen molar-refractivity contribution in [3.05, 3.63) is 64.5 Å². The van der Waals surface area contributed by atoms with Crippen molar-refractivity contribution in [2.45, 2.75) is 11.8 Å². The topological polar surface area (TPSA) is 96.6 Å². The summed E-state index contributed by atoms with van der Waals surface area (Å²) in [5.41, 5.74) is 1.29. The monoisotopic (exact) mass is 490 g/mol. The Bertz CT molecular complexity index is 1170. The third-order valence-electron chi connectivity index (χ3n) is 4.88. The predicted molar refractivity (Wildman–Crippen MR) is 113 cm³/mol. The van der Waals surface area contributed by atoms with Gasteiger partial charge in [0.1, 0.15) is 0 Å². The Morgan fingerprint density at radius 2 is 1.77 bits per heavy atom. The van der Waals surface area contributed by atoms with Crippen LogP contribution in [0.15, 0.2) is 62.4 Å². The summed E-state index contributed by atoms with van der Waals surface area (Å²) in [4.78, 5) is 18.9. The normalized spacial score (nSPS) is 15.3. The second-order valence-electron chi connectivity index (χ2n) is 6.87. The van der Waals surface area contributed by atoms with E-state index in [-0.39, 0.29) is 23.9 Å². The van der Waals surface area contributed by atoms with Crippen molar-refractivity contribution >= 4 is 31.9 Å². The Morgan fingerprint density at radius 1 is 1.07 bits per heavy atom. The van der Waals surface area contributed by atoms with Gasteiger partial charge in [0.2, 0.25) is 21.7 Å². The number of piperazine rings is 1. The number of benzene rings is 2. The van der Waals surface area contributed by atoms with Gasteiger partial charge in [0.25, 0.3) is 5.91 Å². The molecule has 0 atom stereocenters. The van der Waals surface area contributed by atoms with Gasteiger partial charge in [-0.25, -0.2) is 8.42 Å². The maximum Gasteiger partial charge on any atom is 0.253 e. The van der Waals surface area contributed by atoms with Gasteiger partial charge >= 0.3 is 0 Å². The first kappa shape index (κ1) is 20.7. The van der Waals surface area contributed by atoms with Gasteiger partial charge in [0.15, 0.2) is 0 Å². The van der Waals surface area contributed by atoms with Crippen LogP contribution < -0.4 is 0 Å². The van der Waals surface area contributed by atoms with E-state index in [1.54, 1.807) is 60.4 Å². The minimum Gasteiger partial charge on any atom is -0.339 e. The number of aryl methyl sites for hydroxylation is 1. The van der Waals surface area contributed by atoms with Crippen LogP contribution in [0.25, 0.3) is 11.4 Å². The van der Waals surface area contributed by atoms with E-state index in [9.17, 15) is 13.2 Å². The Balaban J connectivity index is 1.42. The summed E-state index contributed by atoms with van der Waals surface area (Å²) in [5, 5.41) is 3.87. The zero-order valence-corrected chi connectivity index (χ0v) is 18.6. The van der Waals surface area contributed by atoms with Crippen molar-refractivity contribution in [2.24, 2.45) is 0 Å². The number of nitrogens with zero attached hydrogens (tertiary/aromatic N) is 4. The van der Waals surface area contributed by atoms with E-state index in [2.05, 4.69) is 26.1 Å². The molecule has 0 unspecified atom stereocenters. The number of rotatable bonds is 4. The van der Waals surface area contributed by atoms with Crippen molar-refractivity contribution in [2.75, 3.05) is 26.2 Å². The molecule has 1 aliphatic rings. The lowest BCUT2D eigenvalue weighted by Gasteiger charge is -2.34. The molecule has 0 bridgehead atoms. The third-order valence-corrected chi connectivity index (χ3v) is 7.27. The van der Waals surface area contributed by atoms with Crippen LogP contribution in [0.2, 0.25) is 0 Å². The molecule has 0 N–H and O–H groups in total. The standard InChI is InChI=1S/C20H19BrN4O4S/c1-14-22-19(23-29-14)15-5-7-16(8-6-15)20(26)24-9-11-25(12-10-24)30(27,28)18-4-2-3-17(21)13-18/h2-8,13H,9-12H2,1H3. The highest BCUT2D eigenvalue weighted by Gasteiger charge is 2.30. The molecular weight excluding hydrogens is 472 g/mol. The zero-order valence-electron chi connectivity index (χ0n) is 16.2. The van der Waals surface area contributed by atoms with Crippen LogP contribution in [0.1, 0.15) is 16.2 Å². The van der Waals surface area contributed by atoms with Crippen molar-refractivity contribution < 1.29 is 17.7 Å². The number of amides is 1. The quantitative estimate of drug-likeness (QED) is 0.557. The first-order chi connectivity index (χ1) is 14.3. The first-order valence-electron chi connectivity index (χ1n) is 9.30. The SMILES string of the molecule is Cc1nc(-c2ccc(C(=O)N3CCN(S(=O)(=O)c4cccc(Br)c4)CC3)cc2)no1. The van der Waals surface area contributed by atoms with Gasteiger partial charge in [0, 0.05) is 48.7 Å². The van der Waals surface area contributed by atoms with E-state index in [1.807, 2.05) is 0 Å². The average molecular weight is 491 g/mol. The summed E-state index contributed by atoms with van der Waals surface area (Å²) in [5.74, 6) is 0.809.